The maximum absolute atomic E-state index is 5.02. The second kappa shape index (κ2) is 6.56. The zero-order valence-corrected chi connectivity index (χ0v) is 6.55. The minimum Gasteiger partial charge on any atom is -0.305 e. The van der Waals surface area contributed by atoms with Crippen molar-refractivity contribution in [3.05, 3.63) is 0 Å². The van der Waals surface area contributed by atoms with Crippen LogP contribution in [0.1, 0.15) is 0 Å². The van der Waals surface area contributed by atoms with Crippen LogP contribution in [0.4, 0.5) is 0 Å². The lowest BCUT2D eigenvalue weighted by Gasteiger charge is -2.12. The normalized spacial score (nSPS) is 9.80. The van der Waals surface area contributed by atoms with E-state index in [0.717, 1.165) is 13.1 Å². The molecule has 0 aromatic heterocycles. The van der Waals surface area contributed by atoms with Crippen LogP contribution in [0, 0.1) is 12.3 Å². The van der Waals surface area contributed by atoms with E-state index in [-0.39, 0.29) is 0 Å². The van der Waals surface area contributed by atoms with Gasteiger partial charge in [-0.2, -0.15) is 5.06 Å². The van der Waals surface area contributed by atoms with Crippen LogP contribution in [-0.2, 0) is 4.84 Å². The standard InChI is InChI=1S/C7H14N2O/c1-4-5-8-6-7-9(2)10-3/h1,8H,5-7H2,2-3H3. The Hall–Kier alpha value is -0.560. The quantitative estimate of drug-likeness (QED) is 0.324. The highest BCUT2D eigenvalue weighted by atomic mass is 16.7. The average molecular weight is 142 g/mol. The number of hydrogen-bond acceptors (Lipinski definition) is 3. The van der Waals surface area contributed by atoms with Crippen molar-refractivity contribution in [3.8, 4) is 12.3 Å². The minimum absolute atomic E-state index is 0.623. The molecule has 3 nitrogen and oxygen atoms in total. The molecule has 0 spiro atoms. The minimum atomic E-state index is 0.623. The average Bonchev–Trinajstić information content (AvgIpc) is 1.98. The van der Waals surface area contributed by atoms with Crippen molar-refractivity contribution in [2.75, 3.05) is 33.8 Å². The molecule has 3 heteroatoms. The van der Waals surface area contributed by atoms with Crippen molar-refractivity contribution in [3.63, 3.8) is 0 Å². The zero-order chi connectivity index (χ0) is 7.82. The van der Waals surface area contributed by atoms with Gasteiger partial charge in [-0.25, -0.2) is 0 Å². The van der Waals surface area contributed by atoms with Gasteiger partial charge in [-0.15, -0.1) is 6.42 Å². The van der Waals surface area contributed by atoms with Crippen LogP contribution < -0.4 is 5.32 Å². The summed E-state index contributed by atoms with van der Waals surface area (Å²) in [6, 6.07) is 0. The van der Waals surface area contributed by atoms with Gasteiger partial charge < -0.3 is 10.2 Å². The predicted octanol–water partition coefficient (Wildman–Crippen LogP) is -0.298. The molecule has 0 aromatic carbocycles. The number of likely N-dealkylation sites (N-methyl/N-ethyl adjacent to an activating group) is 1. The van der Waals surface area contributed by atoms with E-state index < -0.39 is 0 Å². The Kier molecular flexibility index (Phi) is 6.19. The van der Waals surface area contributed by atoms with Gasteiger partial charge >= 0.3 is 0 Å². The molecule has 0 unspecified atom stereocenters. The summed E-state index contributed by atoms with van der Waals surface area (Å²) in [4.78, 5) is 4.87. The van der Waals surface area contributed by atoms with Gasteiger partial charge in [-0.1, -0.05) is 5.92 Å². The zero-order valence-electron chi connectivity index (χ0n) is 6.55. The van der Waals surface area contributed by atoms with E-state index in [1.165, 1.54) is 0 Å². The van der Waals surface area contributed by atoms with E-state index in [1.807, 2.05) is 7.05 Å². The fourth-order valence-electron chi connectivity index (χ4n) is 0.488. The molecule has 0 aliphatic rings. The summed E-state index contributed by atoms with van der Waals surface area (Å²) in [6.45, 7) is 2.32. The number of nitrogens with zero attached hydrogens (tertiary/aromatic N) is 1. The third-order valence-electron chi connectivity index (χ3n) is 1.14. The van der Waals surface area contributed by atoms with E-state index in [9.17, 15) is 0 Å². The highest BCUT2D eigenvalue weighted by Crippen LogP contribution is 1.76. The van der Waals surface area contributed by atoms with Crippen LogP contribution in [-0.4, -0.2) is 38.9 Å². The second-order valence-electron chi connectivity index (χ2n) is 1.91. The third kappa shape index (κ3) is 5.57. The first-order valence-electron chi connectivity index (χ1n) is 3.20. The Bertz CT molecular complexity index is 109. The van der Waals surface area contributed by atoms with Crippen LogP contribution in [0.2, 0.25) is 0 Å². The summed E-state index contributed by atoms with van der Waals surface area (Å²) < 4.78 is 0. The lowest BCUT2D eigenvalue weighted by atomic mass is 10.6. The Labute approximate surface area is 62.3 Å². The van der Waals surface area contributed by atoms with E-state index in [1.54, 1.807) is 12.2 Å². The lowest BCUT2D eigenvalue weighted by Crippen LogP contribution is -2.28. The third-order valence-corrected chi connectivity index (χ3v) is 1.14. The van der Waals surface area contributed by atoms with Crippen molar-refractivity contribution in [2.24, 2.45) is 0 Å². The van der Waals surface area contributed by atoms with Gasteiger partial charge in [0.1, 0.15) is 0 Å². The number of hydroxylamine groups is 2. The molecule has 0 atom stereocenters. The molecule has 0 radical (unpaired) electrons. The molecule has 0 heterocycles. The van der Waals surface area contributed by atoms with Crippen molar-refractivity contribution in [1.29, 1.82) is 0 Å². The molecule has 0 bridgehead atoms. The second-order valence-corrected chi connectivity index (χ2v) is 1.91. The van der Waals surface area contributed by atoms with Crippen LogP contribution >= 0.6 is 0 Å². The van der Waals surface area contributed by atoms with Crippen LogP contribution in [0.3, 0.4) is 0 Å². The summed E-state index contributed by atoms with van der Waals surface area (Å²) in [5.41, 5.74) is 0. The number of rotatable bonds is 5. The monoisotopic (exact) mass is 142 g/mol. The van der Waals surface area contributed by atoms with Crippen molar-refractivity contribution < 1.29 is 4.84 Å². The summed E-state index contributed by atoms with van der Waals surface area (Å²) >= 11 is 0. The summed E-state index contributed by atoms with van der Waals surface area (Å²) in [5.74, 6) is 2.49. The fraction of sp³-hybridized carbons (Fsp3) is 0.714. The van der Waals surface area contributed by atoms with Gasteiger partial charge in [0, 0.05) is 20.1 Å². The topological polar surface area (TPSA) is 24.5 Å². The Morgan fingerprint density at radius 1 is 1.70 bits per heavy atom. The van der Waals surface area contributed by atoms with Gasteiger partial charge in [0.15, 0.2) is 0 Å². The lowest BCUT2D eigenvalue weighted by molar-refractivity contribution is -0.107. The molecule has 1 N–H and O–H groups in total. The molecule has 0 rings (SSSR count). The van der Waals surface area contributed by atoms with Crippen molar-refractivity contribution in [1.82, 2.24) is 10.4 Å². The highest BCUT2D eigenvalue weighted by molar-refractivity contribution is 4.86. The van der Waals surface area contributed by atoms with Gasteiger partial charge in [0.25, 0.3) is 0 Å². The van der Waals surface area contributed by atoms with E-state index in [4.69, 9.17) is 11.3 Å². The molecule has 0 aliphatic carbocycles. The first-order valence-corrected chi connectivity index (χ1v) is 3.20. The molecular weight excluding hydrogens is 128 g/mol. The molecule has 10 heavy (non-hydrogen) atoms. The molecule has 0 amide bonds. The van der Waals surface area contributed by atoms with Gasteiger partial charge in [-0.05, 0) is 0 Å². The van der Waals surface area contributed by atoms with Crippen molar-refractivity contribution in [2.45, 2.75) is 0 Å². The number of nitrogens with one attached hydrogen (secondary N) is 1. The first-order chi connectivity index (χ1) is 4.81. The summed E-state index contributed by atoms with van der Waals surface area (Å²) in [5, 5.41) is 4.78. The van der Waals surface area contributed by atoms with E-state index >= 15 is 0 Å². The van der Waals surface area contributed by atoms with Crippen LogP contribution in [0.5, 0.6) is 0 Å². The van der Waals surface area contributed by atoms with Crippen LogP contribution in [0.25, 0.3) is 0 Å². The van der Waals surface area contributed by atoms with Gasteiger partial charge in [0.2, 0.25) is 0 Å². The molecule has 0 fully saturated rings. The highest BCUT2D eigenvalue weighted by Gasteiger charge is 1.91. The molecule has 0 aliphatic heterocycles. The smallest absolute Gasteiger partial charge is 0.0575 e. The molecule has 58 valence electrons. The van der Waals surface area contributed by atoms with E-state index in [2.05, 4.69) is 11.2 Å². The van der Waals surface area contributed by atoms with Gasteiger partial charge in [0.05, 0.1) is 13.7 Å². The Morgan fingerprint density at radius 2 is 2.40 bits per heavy atom. The SMILES string of the molecule is C#CCNCCN(C)OC. The van der Waals surface area contributed by atoms with E-state index in [0.29, 0.717) is 6.54 Å². The predicted molar refractivity (Wildman–Crippen MR) is 41.3 cm³/mol. The Morgan fingerprint density at radius 3 is 2.90 bits per heavy atom. The van der Waals surface area contributed by atoms with Gasteiger partial charge in [-0.3, -0.25) is 0 Å². The van der Waals surface area contributed by atoms with Crippen LogP contribution in [0.15, 0.2) is 0 Å². The first kappa shape index (κ1) is 9.44. The molecular formula is C7H14N2O. The fourth-order valence-corrected chi connectivity index (χ4v) is 0.488. The molecule has 0 saturated heterocycles. The summed E-state index contributed by atoms with van der Waals surface area (Å²) in [7, 11) is 3.51. The number of hydrogen-bond donors (Lipinski definition) is 1. The largest absolute Gasteiger partial charge is 0.305 e. The molecule has 0 saturated carbocycles. The molecule has 0 aromatic rings. The maximum atomic E-state index is 5.02. The Balaban J connectivity index is 2.98. The summed E-state index contributed by atoms with van der Waals surface area (Å²) in [6.07, 6.45) is 5.02. The number of terminal acetylenes is 1. The van der Waals surface area contributed by atoms with Crippen molar-refractivity contribution >= 4 is 0 Å². The maximum Gasteiger partial charge on any atom is 0.0575 e.